The number of nitrogens with two attached hydrogens (primary N) is 1. The van der Waals surface area contributed by atoms with Gasteiger partial charge in [0.25, 0.3) is 0 Å². The van der Waals surface area contributed by atoms with Crippen LogP contribution < -0.4 is 5.73 Å². The summed E-state index contributed by atoms with van der Waals surface area (Å²) in [5, 5.41) is 14.1. The van der Waals surface area contributed by atoms with Crippen molar-refractivity contribution in [2.45, 2.75) is 38.5 Å². The summed E-state index contributed by atoms with van der Waals surface area (Å²) in [4.78, 5) is 0. The monoisotopic (exact) mass is 237 g/mol. The first kappa shape index (κ1) is 12.6. The van der Waals surface area contributed by atoms with Crippen LogP contribution >= 0.6 is 0 Å². The van der Waals surface area contributed by atoms with Gasteiger partial charge in [-0.05, 0) is 17.9 Å². The Labute approximate surface area is 103 Å². The topological polar surface area (TPSA) is 64.1 Å². The lowest BCUT2D eigenvalue weighted by Gasteiger charge is -2.19. The molecule has 1 aromatic heterocycles. The van der Waals surface area contributed by atoms with Crippen molar-refractivity contribution in [3.05, 3.63) is 17.5 Å². The average molecular weight is 237 g/mol. The summed E-state index contributed by atoms with van der Waals surface area (Å²) in [6.45, 7) is 7.23. The highest BCUT2D eigenvalue weighted by Crippen LogP contribution is 2.59. The second kappa shape index (κ2) is 3.82. The van der Waals surface area contributed by atoms with E-state index in [9.17, 15) is 5.11 Å². The molecule has 0 aromatic carbocycles. The van der Waals surface area contributed by atoms with Crippen LogP contribution in [0.4, 0.5) is 0 Å². The minimum atomic E-state index is -0.0942. The zero-order chi connectivity index (χ0) is 12.8. The van der Waals surface area contributed by atoms with Crippen LogP contribution in [0.5, 0.6) is 0 Å². The van der Waals surface area contributed by atoms with Crippen molar-refractivity contribution in [3.8, 4) is 0 Å². The fourth-order valence-electron chi connectivity index (χ4n) is 2.60. The Morgan fingerprint density at radius 2 is 2.24 bits per heavy atom. The zero-order valence-corrected chi connectivity index (χ0v) is 11.2. The first-order valence-electron chi connectivity index (χ1n) is 6.19. The van der Waals surface area contributed by atoms with Crippen molar-refractivity contribution < 1.29 is 5.11 Å². The summed E-state index contributed by atoms with van der Waals surface area (Å²) in [5.41, 5.74) is 8.12. The number of aryl methyl sites for hydroxylation is 1. The second-order valence-corrected chi connectivity index (χ2v) is 6.34. The van der Waals surface area contributed by atoms with Crippen LogP contribution in [0.3, 0.4) is 0 Å². The number of nitrogens with zero attached hydrogens (tertiary/aromatic N) is 2. The molecule has 4 nitrogen and oxygen atoms in total. The third kappa shape index (κ3) is 2.00. The fourth-order valence-corrected chi connectivity index (χ4v) is 2.60. The molecule has 1 aliphatic carbocycles. The number of rotatable bonds is 3. The molecule has 0 aliphatic heterocycles. The SMILES string of the molecule is Cn1cc(C2CC2(CN)CO)c(C(C)(C)C)n1. The number of aliphatic hydroxyl groups excluding tert-OH is 1. The molecule has 1 aliphatic rings. The summed E-state index contributed by atoms with van der Waals surface area (Å²) in [7, 11) is 1.95. The van der Waals surface area contributed by atoms with Crippen LogP contribution in [-0.4, -0.2) is 28.0 Å². The van der Waals surface area contributed by atoms with E-state index in [1.54, 1.807) is 0 Å². The van der Waals surface area contributed by atoms with Crippen molar-refractivity contribution in [3.63, 3.8) is 0 Å². The van der Waals surface area contributed by atoms with E-state index in [-0.39, 0.29) is 17.4 Å². The van der Waals surface area contributed by atoms with Crippen molar-refractivity contribution >= 4 is 0 Å². The minimum absolute atomic E-state index is 0.0367. The Bertz CT molecular complexity index is 413. The predicted molar refractivity (Wildman–Crippen MR) is 67.8 cm³/mol. The van der Waals surface area contributed by atoms with Crippen LogP contribution in [0.1, 0.15) is 44.4 Å². The highest BCUT2D eigenvalue weighted by atomic mass is 16.3. The van der Waals surface area contributed by atoms with Gasteiger partial charge in [-0.2, -0.15) is 5.10 Å². The third-order valence-corrected chi connectivity index (χ3v) is 3.85. The molecule has 0 saturated heterocycles. The van der Waals surface area contributed by atoms with Crippen molar-refractivity contribution in [1.82, 2.24) is 9.78 Å². The Morgan fingerprint density at radius 3 is 2.65 bits per heavy atom. The molecule has 4 heteroatoms. The molecule has 0 radical (unpaired) electrons. The van der Waals surface area contributed by atoms with Gasteiger partial charge in [-0.15, -0.1) is 0 Å². The summed E-state index contributed by atoms with van der Waals surface area (Å²) in [5.74, 6) is 0.375. The molecule has 2 rings (SSSR count). The quantitative estimate of drug-likeness (QED) is 0.828. The van der Waals surface area contributed by atoms with Crippen molar-refractivity contribution in [2.75, 3.05) is 13.2 Å². The van der Waals surface area contributed by atoms with Gasteiger partial charge in [-0.1, -0.05) is 20.8 Å². The third-order valence-electron chi connectivity index (χ3n) is 3.85. The second-order valence-electron chi connectivity index (χ2n) is 6.34. The molecule has 3 N–H and O–H groups in total. The van der Waals surface area contributed by atoms with Crippen LogP contribution in [0.25, 0.3) is 0 Å². The van der Waals surface area contributed by atoms with E-state index in [1.165, 1.54) is 5.56 Å². The number of aromatic nitrogens is 2. The Hall–Kier alpha value is -0.870. The van der Waals surface area contributed by atoms with Gasteiger partial charge >= 0.3 is 0 Å². The summed E-state index contributed by atoms with van der Waals surface area (Å²) in [6, 6.07) is 0. The number of hydrogen-bond acceptors (Lipinski definition) is 3. The highest BCUT2D eigenvalue weighted by Gasteiger charge is 2.55. The molecular weight excluding hydrogens is 214 g/mol. The standard InChI is InChI=1S/C13H23N3O/c1-12(2,3)11-9(6-16(4)15-11)10-5-13(10,7-14)8-17/h6,10,17H,5,7-8,14H2,1-4H3. The van der Waals surface area contributed by atoms with E-state index in [2.05, 4.69) is 32.1 Å². The Kier molecular flexibility index (Phi) is 2.83. The smallest absolute Gasteiger partial charge is 0.0712 e. The summed E-state index contributed by atoms with van der Waals surface area (Å²) < 4.78 is 1.87. The molecule has 1 fully saturated rings. The number of hydrogen-bond donors (Lipinski definition) is 2. The first-order valence-corrected chi connectivity index (χ1v) is 6.19. The molecule has 96 valence electrons. The molecule has 1 aromatic rings. The first-order chi connectivity index (χ1) is 7.84. The molecule has 1 saturated carbocycles. The fraction of sp³-hybridized carbons (Fsp3) is 0.769. The van der Waals surface area contributed by atoms with E-state index >= 15 is 0 Å². The zero-order valence-electron chi connectivity index (χ0n) is 11.2. The van der Waals surface area contributed by atoms with Crippen LogP contribution in [0.2, 0.25) is 0 Å². The number of aliphatic hydroxyl groups is 1. The van der Waals surface area contributed by atoms with E-state index in [0.29, 0.717) is 12.5 Å². The molecule has 17 heavy (non-hydrogen) atoms. The van der Waals surface area contributed by atoms with Gasteiger partial charge in [0, 0.05) is 30.6 Å². The van der Waals surface area contributed by atoms with Gasteiger partial charge in [0.05, 0.1) is 12.3 Å². The summed E-state index contributed by atoms with van der Waals surface area (Å²) >= 11 is 0. The van der Waals surface area contributed by atoms with Crippen molar-refractivity contribution in [2.24, 2.45) is 18.2 Å². The van der Waals surface area contributed by atoms with E-state index in [1.807, 2.05) is 11.7 Å². The normalized spacial score (nSPS) is 28.5. The molecule has 1 heterocycles. The molecule has 0 spiro atoms. The van der Waals surface area contributed by atoms with Crippen LogP contribution in [0, 0.1) is 5.41 Å². The average Bonchev–Trinajstić information content (AvgIpc) is 2.85. The van der Waals surface area contributed by atoms with Gasteiger partial charge in [-0.3, -0.25) is 4.68 Å². The van der Waals surface area contributed by atoms with Gasteiger partial charge < -0.3 is 10.8 Å². The van der Waals surface area contributed by atoms with Crippen molar-refractivity contribution in [1.29, 1.82) is 0 Å². The molecule has 0 bridgehead atoms. The van der Waals surface area contributed by atoms with Gasteiger partial charge in [0.15, 0.2) is 0 Å². The lowest BCUT2D eigenvalue weighted by molar-refractivity contribution is 0.211. The molecular formula is C13H23N3O. The Balaban J connectivity index is 2.35. The Morgan fingerprint density at radius 1 is 1.59 bits per heavy atom. The summed E-state index contributed by atoms with van der Waals surface area (Å²) in [6.07, 6.45) is 3.06. The van der Waals surface area contributed by atoms with Gasteiger partial charge in [-0.25, -0.2) is 0 Å². The van der Waals surface area contributed by atoms with Gasteiger partial charge in [0.2, 0.25) is 0 Å². The minimum Gasteiger partial charge on any atom is -0.396 e. The lowest BCUT2D eigenvalue weighted by atomic mass is 9.87. The lowest BCUT2D eigenvalue weighted by Crippen LogP contribution is -2.22. The van der Waals surface area contributed by atoms with Crippen LogP contribution in [0.15, 0.2) is 6.20 Å². The van der Waals surface area contributed by atoms with Gasteiger partial charge in [0.1, 0.15) is 0 Å². The maximum atomic E-state index is 9.48. The van der Waals surface area contributed by atoms with E-state index < -0.39 is 0 Å². The maximum Gasteiger partial charge on any atom is 0.0712 e. The maximum absolute atomic E-state index is 9.48. The molecule has 0 amide bonds. The van der Waals surface area contributed by atoms with E-state index in [4.69, 9.17) is 5.73 Å². The molecule has 2 unspecified atom stereocenters. The highest BCUT2D eigenvalue weighted by molar-refractivity contribution is 5.35. The van der Waals surface area contributed by atoms with Crippen LogP contribution in [-0.2, 0) is 12.5 Å². The van der Waals surface area contributed by atoms with E-state index in [0.717, 1.165) is 12.1 Å². The largest absolute Gasteiger partial charge is 0.396 e. The molecule has 2 atom stereocenters. The predicted octanol–water partition coefficient (Wildman–Crippen LogP) is 1.14.